The maximum atomic E-state index is 13.1. The van der Waals surface area contributed by atoms with Gasteiger partial charge in [0.2, 0.25) is 0 Å². The van der Waals surface area contributed by atoms with E-state index in [-0.39, 0.29) is 17.5 Å². The first-order valence-corrected chi connectivity index (χ1v) is 10.9. The number of aromatic nitrogens is 5. The minimum Gasteiger partial charge on any atom is -0.338 e. The Balaban J connectivity index is 1.31. The highest BCUT2D eigenvalue weighted by Gasteiger charge is 2.34. The zero-order valence-electron chi connectivity index (χ0n) is 16.6. The van der Waals surface area contributed by atoms with Crippen LogP contribution in [-0.4, -0.2) is 47.8 Å². The summed E-state index contributed by atoms with van der Waals surface area (Å²) in [6, 6.07) is 4.21. The first kappa shape index (κ1) is 18.4. The van der Waals surface area contributed by atoms with Gasteiger partial charge in [0, 0.05) is 44.5 Å². The van der Waals surface area contributed by atoms with Crippen molar-refractivity contribution in [2.75, 3.05) is 13.1 Å². The Bertz CT molecular complexity index is 1100. The van der Waals surface area contributed by atoms with Crippen molar-refractivity contribution in [2.24, 2.45) is 7.05 Å². The highest BCUT2D eigenvalue weighted by Crippen LogP contribution is 2.37. The van der Waals surface area contributed by atoms with E-state index >= 15 is 0 Å². The second-order valence-corrected chi connectivity index (χ2v) is 8.91. The van der Waals surface area contributed by atoms with Gasteiger partial charge in [-0.05, 0) is 44.7 Å². The van der Waals surface area contributed by atoms with Crippen LogP contribution in [0.25, 0.3) is 5.13 Å². The van der Waals surface area contributed by atoms with E-state index in [2.05, 4.69) is 10.1 Å². The highest BCUT2D eigenvalue weighted by atomic mass is 32.1. The quantitative estimate of drug-likeness (QED) is 0.660. The molecule has 1 saturated heterocycles. The van der Waals surface area contributed by atoms with Crippen LogP contribution in [0, 0.1) is 6.92 Å². The van der Waals surface area contributed by atoms with Gasteiger partial charge in [-0.25, -0.2) is 14.5 Å². The van der Waals surface area contributed by atoms with Crippen molar-refractivity contribution < 1.29 is 4.79 Å². The molecule has 0 unspecified atom stereocenters. The van der Waals surface area contributed by atoms with Gasteiger partial charge >= 0.3 is 5.69 Å². The number of aryl methyl sites for hydroxylation is 2. The topological polar surface area (TPSA) is 78.0 Å². The van der Waals surface area contributed by atoms with Crippen LogP contribution in [0.1, 0.15) is 58.8 Å². The van der Waals surface area contributed by atoms with E-state index in [9.17, 15) is 9.59 Å². The molecule has 3 aromatic rings. The molecule has 1 aliphatic heterocycles. The van der Waals surface area contributed by atoms with Crippen LogP contribution < -0.4 is 5.69 Å². The van der Waals surface area contributed by atoms with Crippen molar-refractivity contribution in [3.8, 4) is 5.13 Å². The largest absolute Gasteiger partial charge is 0.345 e. The van der Waals surface area contributed by atoms with Crippen molar-refractivity contribution >= 4 is 17.2 Å². The van der Waals surface area contributed by atoms with Crippen molar-refractivity contribution in [1.82, 2.24) is 28.8 Å². The lowest BCUT2D eigenvalue weighted by Crippen LogP contribution is -2.38. The molecule has 1 amide bonds. The number of hydrogen-bond acceptors (Lipinski definition) is 5. The number of hydrogen-bond donors (Lipinski definition) is 0. The Morgan fingerprint density at radius 1 is 1.14 bits per heavy atom. The van der Waals surface area contributed by atoms with Crippen LogP contribution in [0.3, 0.4) is 0 Å². The number of carbonyl (C=O) groups is 1. The maximum Gasteiger partial charge on any atom is 0.345 e. The molecule has 9 heteroatoms. The number of nitrogens with zero attached hydrogens (tertiary/aromatic N) is 6. The number of carbonyl (C=O) groups excluding carboxylic acids is 1. The first-order valence-electron chi connectivity index (χ1n) is 10.1. The van der Waals surface area contributed by atoms with E-state index in [0.717, 1.165) is 42.3 Å². The number of thiazole rings is 1. The van der Waals surface area contributed by atoms with Gasteiger partial charge in [-0.15, -0.1) is 0 Å². The van der Waals surface area contributed by atoms with Gasteiger partial charge in [-0.3, -0.25) is 9.36 Å². The molecule has 0 bridgehead atoms. The molecular formula is C20H24N6O2S. The molecular weight excluding hydrogens is 388 g/mol. The van der Waals surface area contributed by atoms with Crippen molar-refractivity contribution in [3.05, 3.63) is 51.4 Å². The third-order valence-corrected chi connectivity index (χ3v) is 7.01. The first-order chi connectivity index (χ1) is 14.0. The molecule has 3 aromatic heterocycles. The molecule has 0 aromatic carbocycles. The Labute approximate surface area is 172 Å². The van der Waals surface area contributed by atoms with Crippen LogP contribution >= 0.6 is 11.3 Å². The summed E-state index contributed by atoms with van der Waals surface area (Å²) >= 11 is 1.44. The van der Waals surface area contributed by atoms with Gasteiger partial charge in [0.05, 0.1) is 5.69 Å². The maximum absolute atomic E-state index is 13.1. The second kappa shape index (κ2) is 6.98. The zero-order chi connectivity index (χ0) is 20.1. The van der Waals surface area contributed by atoms with Crippen molar-refractivity contribution in [3.63, 3.8) is 0 Å². The molecule has 1 saturated carbocycles. The molecule has 2 aliphatic rings. The predicted octanol–water partition coefficient (Wildman–Crippen LogP) is 2.49. The minimum absolute atomic E-state index is 0.0150. The van der Waals surface area contributed by atoms with E-state index in [1.807, 2.05) is 45.5 Å². The van der Waals surface area contributed by atoms with Gasteiger partial charge in [0.15, 0.2) is 5.13 Å². The van der Waals surface area contributed by atoms with E-state index in [4.69, 9.17) is 0 Å². The summed E-state index contributed by atoms with van der Waals surface area (Å²) in [6.45, 7) is 3.25. The highest BCUT2D eigenvalue weighted by molar-refractivity contribution is 7.16. The van der Waals surface area contributed by atoms with Crippen molar-refractivity contribution in [2.45, 2.75) is 44.6 Å². The molecule has 152 valence electrons. The molecule has 0 radical (unpaired) electrons. The Hall–Kier alpha value is -2.68. The summed E-state index contributed by atoms with van der Waals surface area (Å²) < 4.78 is 5.27. The molecule has 0 atom stereocenters. The van der Waals surface area contributed by atoms with E-state index < -0.39 is 0 Å². The molecule has 0 N–H and O–H groups in total. The monoisotopic (exact) mass is 412 g/mol. The second-order valence-electron chi connectivity index (χ2n) is 7.93. The van der Waals surface area contributed by atoms with Crippen LogP contribution in [-0.2, 0) is 7.05 Å². The molecule has 4 heterocycles. The SMILES string of the molecule is Cc1nc(-n2cccc2)sc1C(=O)N1CCC(c2nn(C)c(=O)n2C2CC2)CC1. The fourth-order valence-corrected chi connectivity index (χ4v) is 5.09. The minimum atomic E-state index is -0.0150. The van der Waals surface area contributed by atoms with E-state index in [0.29, 0.717) is 24.0 Å². The summed E-state index contributed by atoms with van der Waals surface area (Å²) in [6.07, 6.45) is 7.65. The third-order valence-electron chi connectivity index (χ3n) is 5.85. The lowest BCUT2D eigenvalue weighted by Gasteiger charge is -2.31. The zero-order valence-corrected chi connectivity index (χ0v) is 17.4. The van der Waals surface area contributed by atoms with Gasteiger partial charge in [-0.1, -0.05) is 11.3 Å². The smallest absolute Gasteiger partial charge is 0.338 e. The van der Waals surface area contributed by atoms with Gasteiger partial charge in [-0.2, -0.15) is 5.10 Å². The molecule has 29 heavy (non-hydrogen) atoms. The summed E-state index contributed by atoms with van der Waals surface area (Å²) in [5.41, 5.74) is 0.761. The van der Waals surface area contributed by atoms with Crippen LogP contribution in [0.2, 0.25) is 0 Å². The normalized spacial score (nSPS) is 17.8. The third kappa shape index (κ3) is 3.23. The standard InChI is InChI=1S/C20H24N6O2S/c1-13-16(29-19(21-13)25-9-3-4-10-25)18(27)24-11-7-14(8-12-24)17-22-23(2)20(28)26(17)15-5-6-15/h3-4,9-10,14-15H,5-8,11-12H2,1-2H3. The fraction of sp³-hybridized carbons (Fsp3) is 0.500. The summed E-state index contributed by atoms with van der Waals surface area (Å²) in [4.78, 5) is 32.7. The summed E-state index contributed by atoms with van der Waals surface area (Å²) in [5, 5.41) is 5.33. The average Bonchev–Trinajstić information content (AvgIpc) is 3.13. The predicted molar refractivity (Wildman–Crippen MR) is 110 cm³/mol. The summed E-state index contributed by atoms with van der Waals surface area (Å²) in [7, 11) is 1.72. The Morgan fingerprint density at radius 2 is 1.83 bits per heavy atom. The lowest BCUT2D eigenvalue weighted by molar-refractivity contribution is 0.0714. The van der Waals surface area contributed by atoms with Crippen molar-refractivity contribution in [1.29, 1.82) is 0 Å². The molecule has 2 fully saturated rings. The van der Waals surface area contributed by atoms with E-state index in [1.54, 1.807) is 7.05 Å². The van der Waals surface area contributed by atoms with Crippen LogP contribution in [0.4, 0.5) is 0 Å². The van der Waals surface area contributed by atoms with Gasteiger partial charge in [0.1, 0.15) is 10.7 Å². The Morgan fingerprint density at radius 3 is 2.48 bits per heavy atom. The number of likely N-dealkylation sites (tertiary alicyclic amines) is 1. The lowest BCUT2D eigenvalue weighted by atomic mass is 9.95. The molecule has 0 spiro atoms. The van der Waals surface area contributed by atoms with Crippen LogP contribution in [0.15, 0.2) is 29.3 Å². The number of piperidine rings is 1. The molecule has 8 nitrogen and oxygen atoms in total. The van der Waals surface area contributed by atoms with Gasteiger partial charge in [0.25, 0.3) is 5.91 Å². The number of rotatable bonds is 4. The van der Waals surface area contributed by atoms with E-state index in [1.165, 1.54) is 16.0 Å². The van der Waals surface area contributed by atoms with Gasteiger partial charge < -0.3 is 9.47 Å². The summed E-state index contributed by atoms with van der Waals surface area (Å²) in [5.74, 6) is 1.18. The molecule has 5 rings (SSSR count). The average molecular weight is 413 g/mol. The molecule has 1 aliphatic carbocycles. The fourth-order valence-electron chi connectivity index (χ4n) is 4.09. The number of amides is 1. The Kier molecular flexibility index (Phi) is 4.42. The van der Waals surface area contributed by atoms with Crippen LogP contribution in [0.5, 0.6) is 0 Å².